The maximum atomic E-state index is 10.4. The lowest BCUT2D eigenvalue weighted by Gasteiger charge is -2.17. The summed E-state index contributed by atoms with van der Waals surface area (Å²) in [5.74, 6) is 1.28. The first-order valence-electron chi connectivity index (χ1n) is 9.81. The van der Waals surface area contributed by atoms with Crippen LogP contribution in [0.5, 0.6) is 5.75 Å². The molecule has 1 saturated carbocycles. The summed E-state index contributed by atoms with van der Waals surface area (Å²) >= 11 is 0. The van der Waals surface area contributed by atoms with Crippen molar-refractivity contribution in [1.82, 2.24) is 9.88 Å². The molecule has 4 nitrogen and oxygen atoms in total. The number of aliphatic hydroxyl groups excluding tert-OH is 1. The third kappa shape index (κ3) is 4.43. The van der Waals surface area contributed by atoms with Crippen LogP contribution in [0.3, 0.4) is 0 Å². The van der Waals surface area contributed by atoms with Crippen LogP contribution in [0.25, 0.3) is 0 Å². The first kappa shape index (κ1) is 17.5. The second-order valence-corrected chi connectivity index (χ2v) is 7.75. The van der Waals surface area contributed by atoms with Crippen LogP contribution < -0.4 is 4.74 Å². The number of nitrogens with zero attached hydrogens (tertiary/aromatic N) is 2. The van der Waals surface area contributed by atoms with E-state index in [-0.39, 0.29) is 6.10 Å². The van der Waals surface area contributed by atoms with Crippen molar-refractivity contribution < 1.29 is 9.84 Å². The molecule has 1 aliphatic carbocycles. The van der Waals surface area contributed by atoms with E-state index in [0.717, 1.165) is 31.8 Å². The zero-order valence-electron chi connectivity index (χ0n) is 15.3. The molecule has 1 saturated heterocycles. The van der Waals surface area contributed by atoms with Gasteiger partial charge < -0.3 is 9.84 Å². The molecule has 0 spiro atoms. The van der Waals surface area contributed by atoms with Crippen LogP contribution >= 0.6 is 0 Å². The molecule has 1 N–H and O–H groups in total. The number of pyridine rings is 1. The molecule has 0 radical (unpaired) electrons. The number of hydrogen-bond acceptors (Lipinski definition) is 4. The van der Waals surface area contributed by atoms with Crippen molar-refractivity contribution in [1.29, 1.82) is 0 Å². The summed E-state index contributed by atoms with van der Waals surface area (Å²) in [5, 5.41) is 10.4. The second-order valence-electron chi connectivity index (χ2n) is 7.75. The zero-order valence-corrected chi connectivity index (χ0v) is 15.3. The fourth-order valence-corrected chi connectivity index (χ4v) is 4.22. The second kappa shape index (κ2) is 8.19. The van der Waals surface area contributed by atoms with Crippen molar-refractivity contribution in [2.75, 3.05) is 13.1 Å². The van der Waals surface area contributed by atoms with E-state index in [0.29, 0.717) is 12.0 Å². The van der Waals surface area contributed by atoms with E-state index in [9.17, 15) is 5.11 Å². The first-order chi connectivity index (χ1) is 12.8. The van der Waals surface area contributed by atoms with E-state index in [1.807, 2.05) is 24.5 Å². The number of aromatic nitrogens is 1. The van der Waals surface area contributed by atoms with E-state index in [4.69, 9.17) is 4.74 Å². The number of β-amino-alcohol motifs (C(OH)–C–C–N with tert-alkyl or cyclic N) is 1. The van der Waals surface area contributed by atoms with E-state index in [1.165, 1.54) is 36.8 Å². The highest BCUT2D eigenvalue weighted by Crippen LogP contribution is 2.26. The van der Waals surface area contributed by atoms with E-state index in [2.05, 4.69) is 34.1 Å². The zero-order chi connectivity index (χ0) is 17.8. The Balaban J connectivity index is 1.30. The summed E-state index contributed by atoms with van der Waals surface area (Å²) in [6.07, 6.45) is 9.67. The Bertz CT molecular complexity index is 683. The van der Waals surface area contributed by atoms with Crippen molar-refractivity contribution in [2.45, 2.75) is 50.9 Å². The highest BCUT2D eigenvalue weighted by atomic mass is 16.5. The van der Waals surface area contributed by atoms with Gasteiger partial charge >= 0.3 is 0 Å². The summed E-state index contributed by atoms with van der Waals surface area (Å²) in [6.45, 7) is 2.56. The molecule has 26 heavy (non-hydrogen) atoms. The van der Waals surface area contributed by atoms with Crippen molar-refractivity contribution >= 4 is 0 Å². The van der Waals surface area contributed by atoms with E-state index in [1.54, 1.807) is 0 Å². The summed E-state index contributed by atoms with van der Waals surface area (Å²) in [4.78, 5) is 6.42. The van der Waals surface area contributed by atoms with E-state index >= 15 is 0 Å². The van der Waals surface area contributed by atoms with E-state index < -0.39 is 0 Å². The minimum atomic E-state index is -0.256. The molecule has 0 unspecified atom stereocenters. The minimum absolute atomic E-state index is 0.256. The van der Waals surface area contributed by atoms with Gasteiger partial charge in [0, 0.05) is 37.9 Å². The fraction of sp³-hybridized carbons (Fsp3) is 0.500. The molecule has 2 heterocycles. The van der Waals surface area contributed by atoms with Crippen LogP contribution in [0, 0.1) is 5.92 Å². The number of aliphatic hydroxyl groups is 1. The summed E-state index contributed by atoms with van der Waals surface area (Å²) in [7, 11) is 0. The Morgan fingerprint density at radius 2 is 1.69 bits per heavy atom. The Morgan fingerprint density at radius 1 is 0.962 bits per heavy atom. The molecule has 4 rings (SSSR count). The molecule has 1 aliphatic heterocycles. The smallest absolute Gasteiger partial charge is 0.119 e. The molecule has 1 aromatic carbocycles. The Labute approximate surface area is 155 Å². The summed E-state index contributed by atoms with van der Waals surface area (Å²) in [5.41, 5.74) is 2.53. The molecule has 2 aromatic rings. The molecular formula is C22H28N2O2. The molecule has 0 amide bonds. The van der Waals surface area contributed by atoms with Crippen LogP contribution in [-0.2, 0) is 13.0 Å². The van der Waals surface area contributed by atoms with Gasteiger partial charge in [0.2, 0.25) is 0 Å². The van der Waals surface area contributed by atoms with Gasteiger partial charge in [-0.25, -0.2) is 0 Å². The van der Waals surface area contributed by atoms with Crippen LogP contribution in [0.4, 0.5) is 0 Å². The van der Waals surface area contributed by atoms with Gasteiger partial charge in [-0.05, 0) is 67.5 Å². The van der Waals surface area contributed by atoms with Gasteiger partial charge in [-0.2, -0.15) is 0 Å². The number of ether oxygens (including phenoxy) is 1. The van der Waals surface area contributed by atoms with Gasteiger partial charge in [0.25, 0.3) is 0 Å². The van der Waals surface area contributed by atoms with Crippen molar-refractivity contribution in [3.63, 3.8) is 0 Å². The normalized spacial score (nSPS) is 24.2. The third-order valence-electron chi connectivity index (χ3n) is 5.66. The van der Waals surface area contributed by atoms with Gasteiger partial charge in [-0.1, -0.05) is 12.1 Å². The average Bonchev–Trinajstić information content (AvgIpc) is 3.28. The minimum Gasteiger partial charge on any atom is -0.490 e. The molecule has 2 atom stereocenters. The van der Waals surface area contributed by atoms with Gasteiger partial charge in [-0.3, -0.25) is 9.88 Å². The Morgan fingerprint density at radius 3 is 2.42 bits per heavy atom. The monoisotopic (exact) mass is 352 g/mol. The molecule has 1 aromatic heterocycles. The summed E-state index contributed by atoms with van der Waals surface area (Å²) < 4.78 is 6.04. The predicted molar refractivity (Wildman–Crippen MR) is 102 cm³/mol. The predicted octanol–water partition coefficient (Wildman–Crippen LogP) is 3.44. The third-order valence-corrected chi connectivity index (χ3v) is 5.66. The Kier molecular flexibility index (Phi) is 5.51. The standard InChI is InChI=1S/C22H28N2O2/c25-22-16-24(15-19(22)13-17-9-11-23-12-10-17)14-18-5-7-21(8-6-18)26-20-3-1-2-4-20/h5-12,19-20,22,25H,1-4,13-16H2/t19-,22+/m1/s1. The maximum absolute atomic E-state index is 10.4. The number of rotatable bonds is 6. The lowest BCUT2D eigenvalue weighted by atomic mass is 9.97. The van der Waals surface area contributed by atoms with Crippen LogP contribution in [0.2, 0.25) is 0 Å². The van der Waals surface area contributed by atoms with Crippen molar-refractivity contribution in [2.24, 2.45) is 5.92 Å². The fourth-order valence-electron chi connectivity index (χ4n) is 4.22. The number of hydrogen-bond donors (Lipinski definition) is 1. The number of likely N-dealkylation sites (tertiary alicyclic amines) is 1. The van der Waals surface area contributed by atoms with Gasteiger partial charge in [0.15, 0.2) is 0 Å². The molecule has 138 valence electrons. The molecule has 0 bridgehead atoms. The van der Waals surface area contributed by atoms with Crippen LogP contribution in [-0.4, -0.2) is 40.3 Å². The molecular weight excluding hydrogens is 324 g/mol. The Hall–Kier alpha value is -1.91. The number of benzene rings is 1. The highest BCUT2D eigenvalue weighted by molar-refractivity contribution is 5.27. The van der Waals surface area contributed by atoms with Crippen LogP contribution in [0.15, 0.2) is 48.8 Å². The van der Waals surface area contributed by atoms with Gasteiger partial charge in [-0.15, -0.1) is 0 Å². The van der Waals surface area contributed by atoms with Crippen molar-refractivity contribution in [3.05, 3.63) is 59.9 Å². The van der Waals surface area contributed by atoms with Gasteiger partial charge in [0.1, 0.15) is 5.75 Å². The summed E-state index contributed by atoms with van der Waals surface area (Å²) in [6, 6.07) is 12.6. The van der Waals surface area contributed by atoms with Crippen molar-refractivity contribution in [3.8, 4) is 5.75 Å². The highest BCUT2D eigenvalue weighted by Gasteiger charge is 2.31. The molecule has 2 fully saturated rings. The largest absolute Gasteiger partial charge is 0.490 e. The molecule has 4 heteroatoms. The maximum Gasteiger partial charge on any atom is 0.119 e. The van der Waals surface area contributed by atoms with Gasteiger partial charge in [0.05, 0.1) is 12.2 Å². The lowest BCUT2D eigenvalue weighted by molar-refractivity contribution is 0.141. The molecule has 2 aliphatic rings. The quantitative estimate of drug-likeness (QED) is 0.865. The average molecular weight is 352 g/mol. The topological polar surface area (TPSA) is 45.6 Å². The lowest BCUT2D eigenvalue weighted by Crippen LogP contribution is -2.21. The SMILES string of the molecule is O[C@H]1CN(Cc2ccc(OC3CCCC3)cc2)C[C@H]1Cc1ccncc1. The first-order valence-corrected chi connectivity index (χ1v) is 9.81. The van der Waals surface area contributed by atoms with Crippen LogP contribution in [0.1, 0.15) is 36.8 Å².